The van der Waals surface area contributed by atoms with E-state index in [4.69, 9.17) is 22.0 Å². The number of carbonyl (C=O) groups is 1. The van der Waals surface area contributed by atoms with Crippen molar-refractivity contribution in [3.05, 3.63) is 41.1 Å². The Morgan fingerprint density at radius 2 is 2.15 bits per heavy atom. The SMILES string of the molecule is CCC(CO)N/C=C(/C#N)C(=O)Nc1ccc(Cl)cc1. The number of amides is 1. The summed E-state index contributed by atoms with van der Waals surface area (Å²) in [5, 5.41) is 24.0. The van der Waals surface area contributed by atoms with Crippen LogP contribution in [0.2, 0.25) is 5.02 Å². The van der Waals surface area contributed by atoms with Crippen molar-refractivity contribution in [2.75, 3.05) is 11.9 Å². The Bertz CT molecular complexity index is 516. The van der Waals surface area contributed by atoms with Crippen LogP contribution in [0.5, 0.6) is 0 Å². The molecule has 0 saturated carbocycles. The molecule has 0 aliphatic carbocycles. The van der Waals surface area contributed by atoms with Gasteiger partial charge < -0.3 is 15.7 Å². The number of hydrogen-bond acceptors (Lipinski definition) is 4. The summed E-state index contributed by atoms with van der Waals surface area (Å²) in [6.45, 7) is 1.83. The third-order valence-electron chi connectivity index (χ3n) is 2.64. The molecule has 0 aliphatic rings. The molecule has 3 N–H and O–H groups in total. The van der Waals surface area contributed by atoms with E-state index >= 15 is 0 Å². The molecule has 106 valence electrons. The third-order valence-corrected chi connectivity index (χ3v) is 2.90. The van der Waals surface area contributed by atoms with E-state index < -0.39 is 5.91 Å². The lowest BCUT2D eigenvalue weighted by Gasteiger charge is -2.12. The number of aliphatic hydroxyl groups is 1. The van der Waals surface area contributed by atoms with Crippen LogP contribution in [-0.4, -0.2) is 23.7 Å². The summed E-state index contributed by atoms with van der Waals surface area (Å²) in [4.78, 5) is 11.9. The van der Waals surface area contributed by atoms with E-state index in [-0.39, 0.29) is 18.2 Å². The van der Waals surface area contributed by atoms with Crippen LogP contribution in [-0.2, 0) is 4.79 Å². The van der Waals surface area contributed by atoms with Gasteiger partial charge in [-0.15, -0.1) is 0 Å². The van der Waals surface area contributed by atoms with Gasteiger partial charge in [-0.2, -0.15) is 5.26 Å². The Balaban J connectivity index is 2.70. The first kappa shape index (κ1) is 16.0. The van der Waals surface area contributed by atoms with Crippen molar-refractivity contribution in [2.24, 2.45) is 0 Å². The number of hydrogen-bond donors (Lipinski definition) is 3. The second-order valence-corrected chi connectivity index (χ2v) is 4.52. The Hall–Kier alpha value is -2.03. The molecule has 0 saturated heterocycles. The molecule has 5 nitrogen and oxygen atoms in total. The molecule has 1 atom stereocenters. The lowest BCUT2D eigenvalue weighted by atomic mass is 10.2. The number of benzene rings is 1. The Kier molecular flexibility index (Phi) is 6.57. The first-order valence-electron chi connectivity index (χ1n) is 6.14. The topological polar surface area (TPSA) is 85.2 Å². The molecule has 1 aromatic carbocycles. The van der Waals surface area contributed by atoms with Crippen LogP contribution in [0.3, 0.4) is 0 Å². The Labute approximate surface area is 122 Å². The largest absolute Gasteiger partial charge is 0.394 e. The summed E-state index contributed by atoms with van der Waals surface area (Å²) in [6, 6.07) is 8.21. The second kappa shape index (κ2) is 8.20. The summed E-state index contributed by atoms with van der Waals surface area (Å²) >= 11 is 5.74. The van der Waals surface area contributed by atoms with Gasteiger partial charge in [-0.1, -0.05) is 18.5 Å². The van der Waals surface area contributed by atoms with Crippen LogP contribution < -0.4 is 10.6 Å². The van der Waals surface area contributed by atoms with E-state index in [0.29, 0.717) is 17.1 Å². The van der Waals surface area contributed by atoms with Gasteiger partial charge in [-0.3, -0.25) is 4.79 Å². The highest BCUT2D eigenvalue weighted by molar-refractivity contribution is 6.30. The van der Waals surface area contributed by atoms with Crippen molar-refractivity contribution in [3.8, 4) is 6.07 Å². The minimum absolute atomic E-state index is 0.0631. The maximum Gasteiger partial charge on any atom is 0.267 e. The van der Waals surface area contributed by atoms with Gasteiger partial charge in [-0.05, 0) is 30.7 Å². The van der Waals surface area contributed by atoms with E-state index in [9.17, 15) is 4.79 Å². The minimum atomic E-state index is -0.518. The smallest absolute Gasteiger partial charge is 0.267 e. The molecule has 0 radical (unpaired) electrons. The number of anilines is 1. The van der Waals surface area contributed by atoms with Crippen LogP contribution in [0.1, 0.15) is 13.3 Å². The average Bonchev–Trinajstić information content (AvgIpc) is 2.46. The number of aliphatic hydroxyl groups excluding tert-OH is 1. The molecule has 0 heterocycles. The molecule has 0 bridgehead atoms. The Morgan fingerprint density at radius 3 is 2.65 bits per heavy atom. The number of carbonyl (C=O) groups excluding carboxylic acids is 1. The maximum absolute atomic E-state index is 11.9. The number of halogens is 1. The van der Waals surface area contributed by atoms with Gasteiger partial charge in [0, 0.05) is 23.0 Å². The third kappa shape index (κ3) is 4.92. The number of nitrogens with zero attached hydrogens (tertiary/aromatic N) is 1. The monoisotopic (exact) mass is 293 g/mol. The number of nitrogens with one attached hydrogen (secondary N) is 2. The zero-order chi connectivity index (χ0) is 15.0. The highest BCUT2D eigenvalue weighted by Gasteiger charge is 2.10. The van der Waals surface area contributed by atoms with Crippen LogP contribution in [0, 0.1) is 11.3 Å². The van der Waals surface area contributed by atoms with Crippen molar-refractivity contribution in [1.29, 1.82) is 5.26 Å². The van der Waals surface area contributed by atoms with Crippen molar-refractivity contribution >= 4 is 23.2 Å². The Morgan fingerprint density at radius 1 is 1.50 bits per heavy atom. The first-order valence-corrected chi connectivity index (χ1v) is 6.52. The van der Waals surface area contributed by atoms with Gasteiger partial charge in [0.25, 0.3) is 5.91 Å². The van der Waals surface area contributed by atoms with Crippen molar-refractivity contribution in [3.63, 3.8) is 0 Å². The van der Waals surface area contributed by atoms with Gasteiger partial charge in [0.15, 0.2) is 0 Å². The first-order chi connectivity index (χ1) is 9.60. The van der Waals surface area contributed by atoms with Gasteiger partial charge in [0.2, 0.25) is 0 Å². The summed E-state index contributed by atoms with van der Waals surface area (Å²) < 4.78 is 0. The van der Waals surface area contributed by atoms with Crippen LogP contribution in [0.4, 0.5) is 5.69 Å². The molecular formula is C14H16ClN3O2. The molecule has 6 heteroatoms. The van der Waals surface area contributed by atoms with Crippen LogP contribution in [0.25, 0.3) is 0 Å². The normalized spacial score (nSPS) is 12.4. The van der Waals surface area contributed by atoms with Crippen LogP contribution in [0.15, 0.2) is 36.0 Å². The van der Waals surface area contributed by atoms with Crippen molar-refractivity contribution < 1.29 is 9.90 Å². The zero-order valence-electron chi connectivity index (χ0n) is 11.1. The maximum atomic E-state index is 11.9. The highest BCUT2D eigenvalue weighted by atomic mass is 35.5. The molecule has 1 amide bonds. The van der Waals surface area contributed by atoms with Gasteiger partial charge in [-0.25, -0.2) is 0 Å². The molecule has 0 fully saturated rings. The van der Waals surface area contributed by atoms with E-state index in [1.54, 1.807) is 24.3 Å². The highest BCUT2D eigenvalue weighted by Crippen LogP contribution is 2.14. The summed E-state index contributed by atoms with van der Waals surface area (Å²) in [6.07, 6.45) is 2.00. The fourth-order valence-corrected chi connectivity index (χ4v) is 1.51. The summed E-state index contributed by atoms with van der Waals surface area (Å²) in [5.41, 5.74) is 0.488. The van der Waals surface area contributed by atoms with Crippen molar-refractivity contribution in [2.45, 2.75) is 19.4 Å². The van der Waals surface area contributed by atoms with Gasteiger partial charge in [0.1, 0.15) is 11.6 Å². The quantitative estimate of drug-likeness (QED) is 0.553. The molecule has 1 aromatic rings. The summed E-state index contributed by atoms with van der Waals surface area (Å²) in [7, 11) is 0. The zero-order valence-corrected chi connectivity index (χ0v) is 11.8. The minimum Gasteiger partial charge on any atom is -0.394 e. The standard InChI is InChI=1S/C14H16ClN3O2/c1-2-12(9-19)17-8-10(7-16)14(20)18-13-5-3-11(15)4-6-13/h3-6,8,12,17,19H,2,9H2,1H3,(H,18,20)/b10-8-. The van der Waals surface area contributed by atoms with E-state index in [1.807, 2.05) is 13.0 Å². The predicted octanol–water partition coefficient (Wildman–Crippen LogP) is 2.05. The predicted molar refractivity (Wildman–Crippen MR) is 78.1 cm³/mol. The number of nitriles is 1. The molecule has 0 aromatic heterocycles. The lowest BCUT2D eigenvalue weighted by molar-refractivity contribution is -0.112. The van der Waals surface area contributed by atoms with E-state index in [1.165, 1.54) is 6.20 Å². The van der Waals surface area contributed by atoms with Gasteiger partial charge in [0.05, 0.1) is 6.61 Å². The molecule has 0 aliphatic heterocycles. The second-order valence-electron chi connectivity index (χ2n) is 4.09. The van der Waals surface area contributed by atoms with Crippen molar-refractivity contribution in [1.82, 2.24) is 5.32 Å². The average molecular weight is 294 g/mol. The molecule has 1 rings (SSSR count). The van der Waals surface area contributed by atoms with Crippen LogP contribution >= 0.6 is 11.6 Å². The van der Waals surface area contributed by atoms with E-state index in [2.05, 4.69) is 10.6 Å². The molecule has 1 unspecified atom stereocenters. The number of rotatable bonds is 6. The fourth-order valence-electron chi connectivity index (χ4n) is 1.38. The molecule has 20 heavy (non-hydrogen) atoms. The molecule has 0 spiro atoms. The summed E-state index contributed by atoms with van der Waals surface area (Å²) in [5.74, 6) is -0.518. The molecular weight excluding hydrogens is 278 g/mol. The fraction of sp³-hybridized carbons (Fsp3) is 0.286. The van der Waals surface area contributed by atoms with Gasteiger partial charge >= 0.3 is 0 Å². The van der Waals surface area contributed by atoms with E-state index in [0.717, 1.165) is 0 Å². The lowest BCUT2D eigenvalue weighted by Crippen LogP contribution is -2.28.